The number of phenols is 1. The number of rotatable bonds is 4. The van der Waals surface area contributed by atoms with Crippen molar-refractivity contribution in [2.45, 2.75) is 6.61 Å². The van der Waals surface area contributed by atoms with Gasteiger partial charge in [-0.25, -0.2) is 4.39 Å². The van der Waals surface area contributed by atoms with Crippen LogP contribution in [0.1, 0.15) is 15.9 Å². The molecule has 0 saturated heterocycles. The van der Waals surface area contributed by atoms with Gasteiger partial charge in [0, 0.05) is 11.6 Å². The number of ether oxygens (including phenoxy) is 1. The third kappa shape index (κ3) is 3.03. The van der Waals surface area contributed by atoms with E-state index in [4.69, 9.17) is 16.3 Å². The van der Waals surface area contributed by atoms with Crippen molar-refractivity contribution in [2.75, 3.05) is 0 Å². The number of phenolic OH excluding ortho intramolecular Hbond substituents is 1. The van der Waals surface area contributed by atoms with Crippen LogP contribution in [0.2, 0.25) is 5.02 Å². The van der Waals surface area contributed by atoms with E-state index in [0.29, 0.717) is 12.0 Å². The average molecular weight is 281 g/mol. The summed E-state index contributed by atoms with van der Waals surface area (Å²) in [6, 6.07) is 8.58. The summed E-state index contributed by atoms with van der Waals surface area (Å²) in [5.41, 5.74) is 0.402. The van der Waals surface area contributed by atoms with Crippen LogP contribution in [-0.2, 0) is 6.61 Å². The van der Waals surface area contributed by atoms with Crippen LogP contribution in [0, 0.1) is 5.82 Å². The molecule has 2 aromatic carbocycles. The summed E-state index contributed by atoms with van der Waals surface area (Å²) in [5, 5.41) is 9.76. The van der Waals surface area contributed by atoms with Crippen LogP contribution in [0.5, 0.6) is 11.5 Å². The first kappa shape index (κ1) is 13.4. The third-order valence-electron chi connectivity index (χ3n) is 2.57. The average Bonchev–Trinajstić information content (AvgIpc) is 2.38. The number of carbonyl (C=O) groups excluding carboxylic acids is 1. The van der Waals surface area contributed by atoms with Crippen molar-refractivity contribution in [3.63, 3.8) is 0 Å². The van der Waals surface area contributed by atoms with Crippen LogP contribution >= 0.6 is 11.6 Å². The summed E-state index contributed by atoms with van der Waals surface area (Å²) < 4.78 is 18.8. The molecule has 0 spiro atoms. The minimum Gasteiger partial charge on any atom is -0.507 e. The van der Waals surface area contributed by atoms with Gasteiger partial charge in [-0.3, -0.25) is 4.79 Å². The second-order valence-electron chi connectivity index (χ2n) is 3.83. The molecule has 1 N–H and O–H groups in total. The summed E-state index contributed by atoms with van der Waals surface area (Å²) in [6.07, 6.45) is 0.535. The van der Waals surface area contributed by atoms with Crippen LogP contribution in [0.4, 0.5) is 4.39 Å². The molecule has 0 heterocycles. The Bertz CT molecular complexity index is 593. The molecule has 0 bridgehead atoms. The van der Waals surface area contributed by atoms with Crippen molar-refractivity contribution in [1.82, 2.24) is 0 Å². The fourth-order valence-corrected chi connectivity index (χ4v) is 1.76. The second-order valence-corrected chi connectivity index (χ2v) is 4.23. The minimum absolute atomic E-state index is 0.0641. The Kier molecular flexibility index (Phi) is 4.02. The van der Waals surface area contributed by atoms with Gasteiger partial charge in [-0.1, -0.05) is 17.7 Å². The number of hydrogen-bond acceptors (Lipinski definition) is 3. The van der Waals surface area contributed by atoms with E-state index in [1.165, 1.54) is 30.3 Å². The maximum absolute atomic E-state index is 13.5. The Morgan fingerprint density at radius 1 is 1.32 bits per heavy atom. The van der Waals surface area contributed by atoms with E-state index in [-0.39, 0.29) is 28.5 Å². The number of carbonyl (C=O) groups is 1. The predicted octanol–water partition coefficient (Wildman–Crippen LogP) is 3.58. The second kappa shape index (κ2) is 5.71. The van der Waals surface area contributed by atoms with Crippen molar-refractivity contribution in [2.24, 2.45) is 0 Å². The SMILES string of the molecule is O=Cc1ccc(OCc2c(F)cccc2Cl)cc1O. The summed E-state index contributed by atoms with van der Waals surface area (Å²) in [5.74, 6) is -0.323. The van der Waals surface area contributed by atoms with E-state index in [0.717, 1.165) is 0 Å². The molecule has 0 unspecified atom stereocenters. The van der Waals surface area contributed by atoms with E-state index in [1.807, 2.05) is 0 Å². The van der Waals surface area contributed by atoms with Gasteiger partial charge in [-0.2, -0.15) is 0 Å². The largest absolute Gasteiger partial charge is 0.507 e. The summed E-state index contributed by atoms with van der Waals surface area (Å²) in [4.78, 5) is 10.5. The smallest absolute Gasteiger partial charge is 0.153 e. The number of halogens is 2. The van der Waals surface area contributed by atoms with Gasteiger partial charge < -0.3 is 9.84 Å². The summed E-state index contributed by atoms with van der Waals surface area (Å²) in [6.45, 7) is -0.0641. The van der Waals surface area contributed by atoms with Crippen LogP contribution in [-0.4, -0.2) is 11.4 Å². The fraction of sp³-hybridized carbons (Fsp3) is 0.0714. The lowest BCUT2D eigenvalue weighted by atomic mass is 10.2. The highest BCUT2D eigenvalue weighted by molar-refractivity contribution is 6.31. The highest BCUT2D eigenvalue weighted by Gasteiger charge is 2.08. The molecule has 0 saturated carbocycles. The monoisotopic (exact) mass is 280 g/mol. The maximum Gasteiger partial charge on any atom is 0.153 e. The Balaban J connectivity index is 2.15. The molecule has 0 aliphatic rings. The molecule has 2 rings (SSSR count). The van der Waals surface area contributed by atoms with Gasteiger partial charge in [0.25, 0.3) is 0 Å². The van der Waals surface area contributed by atoms with Gasteiger partial charge in [0.1, 0.15) is 23.9 Å². The first-order valence-corrected chi connectivity index (χ1v) is 5.83. The first-order chi connectivity index (χ1) is 9.11. The van der Waals surface area contributed by atoms with Crippen LogP contribution in [0.3, 0.4) is 0 Å². The predicted molar refractivity (Wildman–Crippen MR) is 69.2 cm³/mol. The summed E-state index contributed by atoms with van der Waals surface area (Å²) in [7, 11) is 0. The van der Waals surface area contributed by atoms with E-state index >= 15 is 0 Å². The van der Waals surface area contributed by atoms with Crippen LogP contribution in [0.15, 0.2) is 36.4 Å². The highest BCUT2D eigenvalue weighted by atomic mass is 35.5. The molecule has 0 aromatic heterocycles. The normalized spacial score (nSPS) is 10.2. The van der Waals surface area contributed by atoms with Gasteiger partial charge in [0.05, 0.1) is 10.6 Å². The number of benzene rings is 2. The van der Waals surface area contributed by atoms with Crippen molar-refractivity contribution < 1.29 is 19.0 Å². The van der Waals surface area contributed by atoms with Crippen molar-refractivity contribution in [1.29, 1.82) is 0 Å². The van der Waals surface area contributed by atoms with E-state index in [9.17, 15) is 14.3 Å². The Morgan fingerprint density at radius 2 is 2.11 bits per heavy atom. The van der Waals surface area contributed by atoms with Crippen molar-refractivity contribution in [3.8, 4) is 11.5 Å². The van der Waals surface area contributed by atoms with Crippen LogP contribution in [0.25, 0.3) is 0 Å². The van der Waals surface area contributed by atoms with Gasteiger partial charge >= 0.3 is 0 Å². The molecule has 0 radical (unpaired) electrons. The number of aldehydes is 1. The molecule has 0 aliphatic heterocycles. The third-order valence-corrected chi connectivity index (χ3v) is 2.93. The quantitative estimate of drug-likeness (QED) is 0.871. The molecular formula is C14H10ClFO3. The van der Waals surface area contributed by atoms with Crippen molar-refractivity contribution >= 4 is 17.9 Å². The van der Waals surface area contributed by atoms with Gasteiger partial charge in [-0.05, 0) is 24.3 Å². The number of aromatic hydroxyl groups is 1. The summed E-state index contributed by atoms with van der Waals surface area (Å²) >= 11 is 5.86. The molecule has 0 atom stereocenters. The molecule has 3 nitrogen and oxygen atoms in total. The Labute approximate surface area is 114 Å². The molecule has 19 heavy (non-hydrogen) atoms. The van der Waals surface area contributed by atoms with Crippen molar-refractivity contribution in [3.05, 3.63) is 58.4 Å². The molecule has 5 heteroatoms. The van der Waals surface area contributed by atoms with Gasteiger partial charge in [0.15, 0.2) is 6.29 Å². The lowest BCUT2D eigenvalue weighted by molar-refractivity contribution is 0.112. The molecule has 0 amide bonds. The topological polar surface area (TPSA) is 46.5 Å². The van der Waals surface area contributed by atoms with Gasteiger partial charge in [0.2, 0.25) is 0 Å². The molecule has 2 aromatic rings. The zero-order valence-electron chi connectivity index (χ0n) is 9.77. The lowest BCUT2D eigenvalue weighted by Gasteiger charge is -2.09. The first-order valence-electron chi connectivity index (χ1n) is 5.45. The zero-order valence-corrected chi connectivity index (χ0v) is 10.5. The molecule has 98 valence electrons. The fourth-order valence-electron chi connectivity index (χ4n) is 1.54. The maximum atomic E-state index is 13.5. The minimum atomic E-state index is -0.457. The highest BCUT2D eigenvalue weighted by Crippen LogP contribution is 2.25. The van der Waals surface area contributed by atoms with Gasteiger partial charge in [-0.15, -0.1) is 0 Å². The Morgan fingerprint density at radius 3 is 2.74 bits per heavy atom. The molecule has 0 fully saturated rings. The Hall–Kier alpha value is -2.07. The molecule has 0 aliphatic carbocycles. The van der Waals surface area contributed by atoms with E-state index < -0.39 is 5.82 Å². The standard InChI is InChI=1S/C14H10ClFO3/c15-12-2-1-3-13(16)11(12)8-19-10-5-4-9(7-17)14(18)6-10/h1-7,18H,8H2. The lowest BCUT2D eigenvalue weighted by Crippen LogP contribution is -1.99. The zero-order chi connectivity index (χ0) is 13.8. The number of hydrogen-bond donors (Lipinski definition) is 1. The van der Waals surface area contributed by atoms with Crippen LogP contribution < -0.4 is 4.74 Å². The van der Waals surface area contributed by atoms with E-state index in [1.54, 1.807) is 6.07 Å². The van der Waals surface area contributed by atoms with E-state index in [2.05, 4.69) is 0 Å². The molecular weight excluding hydrogens is 271 g/mol.